The number of rotatable bonds is 7. The van der Waals surface area contributed by atoms with Gasteiger partial charge in [-0.2, -0.15) is 0 Å². The first-order chi connectivity index (χ1) is 10.5. The van der Waals surface area contributed by atoms with Crippen molar-refractivity contribution in [1.82, 2.24) is 4.57 Å². The first-order valence-electron chi connectivity index (χ1n) is 7.62. The van der Waals surface area contributed by atoms with E-state index in [4.69, 9.17) is 17.3 Å². The van der Waals surface area contributed by atoms with Crippen LogP contribution in [0.1, 0.15) is 30.5 Å². The summed E-state index contributed by atoms with van der Waals surface area (Å²) in [6, 6.07) is 5.78. The van der Waals surface area contributed by atoms with E-state index in [0.29, 0.717) is 24.4 Å². The molecule has 1 heterocycles. The van der Waals surface area contributed by atoms with Crippen LogP contribution in [0.3, 0.4) is 0 Å². The third-order valence-electron chi connectivity index (χ3n) is 4.39. The molecule has 5 heteroatoms. The molecule has 2 aromatic rings. The summed E-state index contributed by atoms with van der Waals surface area (Å²) in [6.45, 7) is 2.64. The van der Waals surface area contributed by atoms with Gasteiger partial charge >= 0.3 is 5.97 Å². The molecule has 1 unspecified atom stereocenters. The van der Waals surface area contributed by atoms with Gasteiger partial charge in [0.15, 0.2) is 0 Å². The van der Waals surface area contributed by atoms with Crippen LogP contribution < -0.4 is 5.73 Å². The van der Waals surface area contributed by atoms with Crippen molar-refractivity contribution < 1.29 is 9.90 Å². The molecule has 4 nitrogen and oxygen atoms in total. The number of carboxylic acid groups (broad SMARTS) is 1. The molecule has 2 rings (SSSR count). The number of aliphatic carboxylic acids is 1. The summed E-state index contributed by atoms with van der Waals surface area (Å²) >= 11 is 6.11. The zero-order valence-corrected chi connectivity index (χ0v) is 13.9. The molecule has 0 aliphatic carbocycles. The number of nitrogens with two attached hydrogens (primary N) is 1. The third kappa shape index (κ3) is 3.45. The summed E-state index contributed by atoms with van der Waals surface area (Å²) in [5.41, 5.74) is 8.77. The minimum Gasteiger partial charge on any atom is -0.481 e. The Labute approximate surface area is 135 Å². The largest absolute Gasteiger partial charge is 0.481 e. The minimum atomic E-state index is -0.740. The molecular weight excluding hydrogens is 300 g/mol. The Hall–Kier alpha value is -1.52. The SMILES string of the molecule is Cc1c(CC(CCCCN)C(=O)O)c2cc(Cl)ccc2n1C. The minimum absolute atomic E-state index is 0.380. The smallest absolute Gasteiger partial charge is 0.306 e. The predicted molar refractivity (Wildman–Crippen MR) is 90.4 cm³/mol. The highest BCUT2D eigenvalue weighted by Crippen LogP contribution is 2.30. The van der Waals surface area contributed by atoms with E-state index >= 15 is 0 Å². The molecule has 1 aromatic heterocycles. The van der Waals surface area contributed by atoms with Crippen LogP contribution in [0, 0.1) is 12.8 Å². The molecule has 0 saturated carbocycles. The second-order valence-corrected chi connectivity index (χ2v) is 6.24. The average Bonchev–Trinajstić information content (AvgIpc) is 2.70. The van der Waals surface area contributed by atoms with Crippen molar-refractivity contribution in [1.29, 1.82) is 0 Å². The van der Waals surface area contributed by atoms with E-state index in [1.54, 1.807) is 0 Å². The van der Waals surface area contributed by atoms with Gasteiger partial charge in [0.25, 0.3) is 0 Å². The number of hydrogen-bond acceptors (Lipinski definition) is 2. The summed E-state index contributed by atoms with van der Waals surface area (Å²) < 4.78 is 2.10. The van der Waals surface area contributed by atoms with Crippen LogP contribution in [0.4, 0.5) is 0 Å². The molecular formula is C17H23ClN2O2. The monoisotopic (exact) mass is 322 g/mol. The van der Waals surface area contributed by atoms with Crippen molar-refractivity contribution in [3.8, 4) is 0 Å². The molecule has 0 amide bonds. The second kappa shape index (κ2) is 7.16. The maximum absolute atomic E-state index is 11.6. The number of aryl methyl sites for hydroxylation is 1. The van der Waals surface area contributed by atoms with Gasteiger partial charge in [-0.3, -0.25) is 4.79 Å². The van der Waals surface area contributed by atoms with Crippen molar-refractivity contribution in [3.05, 3.63) is 34.5 Å². The lowest BCUT2D eigenvalue weighted by molar-refractivity contribution is -0.141. The molecule has 0 fully saturated rings. The number of hydrogen-bond donors (Lipinski definition) is 2. The fraction of sp³-hybridized carbons (Fsp3) is 0.471. The molecule has 0 saturated heterocycles. The Bertz CT molecular complexity index is 679. The Morgan fingerprint density at radius 1 is 1.41 bits per heavy atom. The summed E-state index contributed by atoms with van der Waals surface area (Å²) in [4.78, 5) is 11.6. The van der Waals surface area contributed by atoms with Gasteiger partial charge in [0, 0.05) is 28.7 Å². The lowest BCUT2D eigenvalue weighted by Crippen LogP contribution is -2.17. The lowest BCUT2D eigenvalue weighted by atomic mass is 9.92. The summed E-state index contributed by atoms with van der Waals surface area (Å²) in [5, 5.41) is 11.2. The molecule has 1 atom stereocenters. The van der Waals surface area contributed by atoms with Gasteiger partial charge in [0.05, 0.1) is 5.92 Å². The lowest BCUT2D eigenvalue weighted by Gasteiger charge is -2.12. The number of fused-ring (bicyclic) bond motifs is 1. The highest BCUT2D eigenvalue weighted by molar-refractivity contribution is 6.31. The molecule has 120 valence electrons. The Morgan fingerprint density at radius 3 is 2.77 bits per heavy atom. The van der Waals surface area contributed by atoms with Gasteiger partial charge < -0.3 is 15.4 Å². The maximum atomic E-state index is 11.6. The molecule has 0 aliphatic rings. The van der Waals surface area contributed by atoms with Crippen molar-refractivity contribution in [2.75, 3.05) is 6.54 Å². The summed E-state index contributed by atoms with van der Waals surface area (Å²) in [5.74, 6) is -1.12. The van der Waals surface area contributed by atoms with Crippen LogP contribution in [0.25, 0.3) is 10.9 Å². The van der Waals surface area contributed by atoms with E-state index in [1.165, 1.54) is 0 Å². The first kappa shape index (κ1) is 16.8. The van der Waals surface area contributed by atoms with Crippen LogP contribution in [0.2, 0.25) is 5.02 Å². The zero-order valence-electron chi connectivity index (χ0n) is 13.1. The summed E-state index contributed by atoms with van der Waals surface area (Å²) in [7, 11) is 2.00. The molecule has 3 N–H and O–H groups in total. The van der Waals surface area contributed by atoms with Gasteiger partial charge in [-0.05, 0) is 56.5 Å². The van der Waals surface area contributed by atoms with Gasteiger partial charge in [-0.25, -0.2) is 0 Å². The Morgan fingerprint density at radius 2 is 2.14 bits per heavy atom. The maximum Gasteiger partial charge on any atom is 0.306 e. The number of unbranched alkanes of at least 4 members (excludes halogenated alkanes) is 1. The number of halogens is 1. The van der Waals surface area contributed by atoms with Gasteiger partial charge in [0.2, 0.25) is 0 Å². The number of nitrogens with zero attached hydrogens (tertiary/aromatic N) is 1. The molecule has 22 heavy (non-hydrogen) atoms. The average molecular weight is 323 g/mol. The van der Waals surface area contributed by atoms with E-state index in [1.807, 2.05) is 32.2 Å². The number of benzene rings is 1. The molecule has 0 aliphatic heterocycles. The van der Waals surface area contributed by atoms with Crippen LogP contribution in [-0.2, 0) is 18.3 Å². The Kier molecular flexibility index (Phi) is 5.48. The number of carboxylic acids is 1. The fourth-order valence-electron chi connectivity index (χ4n) is 2.97. The molecule has 0 spiro atoms. The van der Waals surface area contributed by atoms with Crippen LogP contribution in [-0.4, -0.2) is 22.2 Å². The van der Waals surface area contributed by atoms with Gasteiger partial charge in [-0.1, -0.05) is 18.0 Å². The van der Waals surface area contributed by atoms with Crippen LogP contribution >= 0.6 is 11.6 Å². The standard InChI is InChI=1S/C17H23ClN2O2/c1-11-14(9-12(17(21)22)5-3-4-8-19)15-10-13(18)6-7-16(15)20(11)2/h6-7,10,12H,3-5,8-9,19H2,1-2H3,(H,21,22). The fourth-order valence-corrected chi connectivity index (χ4v) is 3.14. The van der Waals surface area contributed by atoms with Crippen molar-refractivity contribution >= 4 is 28.5 Å². The summed E-state index contributed by atoms with van der Waals surface area (Å²) in [6.07, 6.45) is 2.90. The first-order valence-corrected chi connectivity index (χ1v) is 7.99. The second-order valence-electron chi connectivity index (χ2n) is 5.81. The molecule has 0 radical (unpaired) electrons. The van der Waals surface area contributed by atoms with Gasteiger partial charge in [0.1, 0.15) is 0 Å². The zero-order chi connectivity index (χ0) is 16.3. The number of aromatic nitrogens is 1. The van der Waals surface area contributed by atoms with Crippen molar-refractivity contribution in [2.24, 2.45) is 18.7 Å². The molecule has 1 aromatic carbocycles. The Balaban J connectivity index is 2.34. The third-order valence-corrected chi connectivity index (χ3v) is 4.63. The molecule has 0 bridgehead atoms. The van der Waals surface area contributed by atoms with E-state index in [9.17, 15) is 9.90 Å². The van der Waals surface area contributed by atoms with E-state index in [-0.39, 0.29) is 5.92 Å². The predicted octanol–water partition coefficient (Wildman–Crippen LogP) is 3.51. The normalized spacial score (nSPS) is 12.7. The highest BCUT2D eigenvalue weighted by Gasteiger charge is 2.22. The van der Waals surface area contributed by atoms with E-state index in [2.05, 4.69) is 4.57 Å². The van der Waals surface area contributed by atoms with Crippen molar-refractivity contribution in [3.63, 3.8) is 0 Å². The van der Waals surface area contributed by atoms with E-state index in [0.717, 1.165) is 35.0 Å². The quantitative estimate of drug-likeness (QED) is 0.766. The van der Waals surface area contributed by atoms with E-state index < -0.39 is 5.97 Å². The van der Waals surface area contributed by atoms with Gasteiger partial charge in [-0.15, -0.1) is 0 Å². The van der Waals surface area contributed by atoms with Crippen LogP contribution in [0.5, 0.6) is 0 Å². The van der Waals surface area contributed by atoms with Crippen molar-refractivity contribution in [2.45, 2.75) is 32.6 Å². The topological polar surface area (TPSA) is 68.2 Å². The van der Waals surface area contributed by atoms with Crippen LogP contribution in [0.15, 0.2) is 18.2 Å². The highest BCUT2D eigenvalue weighted by atomic mass is 35.5. The number of carbonyl (C=O) groups is 1.